The summed E-state index contributed by atoms with van der Waals surface area (Å²) in [6, 6.07) is 13.3. The maximum atomic E-state index is 3.68. The van der Waals surface area contributed by atoms with Crippen LogP contribution < -0.4 is 5.32 Å². The first-order valence-electron chi connectivity index (χ1n) is 6.92. The zero-order valence-corrected chi connectivity index (χ0v) is 15.5. The Kier molecular flexibility index (Phi) is 6.75. The normalized spacial score (nSPS) is 12.6. The molecule has 0 saturated heterocycles. The van der Waals surface area contributed by atoms with Crippen LogP contribution in [0.2, 0.25) is 0 Å². The van der Waals surface area contributed by atoms with E-state index in [1.165, 1.54) is 18.7 Å². The Morgan fingerprint density at radius 1 is 1.20 bits per heavy atom. The summed E-state index contributed by atoms with van der Waals surface area (Å²) < 4.78 is 2.41. The second-order valence-electron chi connectivity index (χ2n) is 4.81. The molecule has 0 saturated carbocycles. The Morgan fingerprint density at radius 2 is 1.95 bits per heavy atom. The highest BCUT2D eigenvalue weighted by Gasteiger charge is 2.16. The molecule has 0 amide bonds. The van der Waals surface area contributed by atoms with Crippen molar-refractivity contribution in [2.75, 3.05) is 6.54 Å². The molecule has 0 fully saturated rings. The summed E-state index contributed by atoms with van der Waals surface area (Å²) in [5.41, 5.74) is 2.77. The van der Waals surface area contributed by atoms with Crippen LogP contribution >= 0.6 is 43.2 Å². The first-order chi connectivity index (χ1) is 9.70. The predicted molar refractivity (Wildman–Crippen MR) is 95.5 cm³/mol. The van der Waals surface area contributed by atoms with E-state index >= 15 is 0 Å². The quantitative estimate of drug-likeness (QED) is 0.588. The molecule has 4 heteroatoms. The zero-order valence-electron chi connectivity index (χ0n) is 11.5. The minimum absolute atomic E-state index is 0.409. The first-order valence-corrected chi connectivity index (χ1v) is 9.33. The van der Waals surface area contributed by atoms with E-state index in [9.17, 15) is 0 Å². The van der Waals surface area contributed by atoms with Gasteiger partial charge in [0, 0.05) is 6.04 Å². The largest absolute Gasteiger partial charge is 0.310 e. The fourth-order valence-corrected chi connectivity index (χ4v) is 5.21. The lowest BCUT2D eigenvalue weighted by Gasteiger charge is -2.18. The molecule has 20 heavy (non-hydrogen) atoms. The summed E-state index contributed by atoms with van der Waals surface area (Å²) in [5, 5.41) is 3.67. The first kappa shape index (κ1) is 16.2. The molecular formula is C16H19Br2NS. The molecule has 0 bridgehead atoms. The second-order valence-corrected chi connectivity index (χ2v) is 8.56. The SMILES string of the molecule is CCCNC(CCc1ccccc1)c1cc(Br)sc1Br. The van der Waals surface area contributed by atoms with Gasteiger partial charge < -0.3 is 5.32 Å². The molecule has 0 spiro atoms. The Hall–Kier alpha value is -0.160. The van der Waals surface area contributed by atoms with Gasteiger partial charge in [0.25, 0.3) is 0 Å². The van der Waals surface area contributed by atoms with E-state index in [4.69, 9.17) is 0 Å². The summed E-state index contributed by atoms with van der Waals surface area (Å²) in [7, 11) is 0. The maximum absolute atomic E-state index is 3.68. The van der Waals surface area contributed by atoms with Crippen LogP contribution in [0.4, 0.5) is 0 Å². The van der Waals surface area contributed by atoms with Crippen LogP contribution in [0.3, 0.4) is 0 Å². The van der Waals surface area contributed by atoms with Crippen molar-refractivity contribution >= 4 is 43.2 Å². The topological polar surface area (TPSA) is 12.0 Å². The highest BCUT2D eigenvalue weighted by Crippen LogP contribution is 2.37. The molecule has 1 aromatic heterocycles. The fourth-order valence-electron chi connectivity index (χ4n) is 2.23. The van der Waals surface area contributed by atoms with Gasteiger partial charge >= 0.3 is 0 Å². The van der Waals surface area contributed by atoms with Crippen molar-refractivity contribution in [2.24, 2.45) is 0 Å². The molecule has 0 aliphatic carbocycles. The maximum Gasteiger partial charge on any atom is 0.0758 e. The monoisotopic (exact) mass is 415 g/mol. The van der Waals surface area contributed by atoms with Crippen molar-refractivity contribution < 1.29 is 0 Å². The number of nitrogens with one attached hydrogen (secondary N) is 1. The van der Waals surface area contributed by atoms with Gasteiger partial charge in [-0.15, -0.1) is 11.3 Å². The minimum Gasteiger partial charge on any atom is -0.310 e. The molecule has 2 aromatic rings. The van der Waals surface area contributed by atoms with Gasteiger partial charge in [0.1, 0.15) is 0 Å². The number of halogens is 2. The predicted octanol–water partition coefficient (Wildman–Crippen LogP) is 5.95. The number of aryl methyl sites for hydroxylation is 1. The fraction of sp³-hybridized carbons (Fsp3) is 0.375. The van der Waals surface area contributed by atoms with Gasteiger partial charge in [-0.1, -0.05) is 37.3 Å². The summed E-state index contributed by atoms with van der Waals surface area (Å²) in [6.45, 7) is 3.26. The number of hydrogen-bond acceptors (Lipinski definition) is 2. The van der Waals surface area contributed by atoms with Crippen molar-refractivity contribution in [1.82, 2.24) is 5.32 Å². The van der Waals surface area contributed by atoms with Crippen LogP contribution in [0.25, 0.3) is 0 Å². The second kappa shape index (κ2) is 8.32. The summed E-state index contributed by atoms with van der Waals surface area (Å²) >= 11 is 9.01. The average Bonchev–Trinajstić information content (AvgIpc) is 2.79. The molecule has 1 nitrogen and oxygen atoms in total. The van der Waals surface area contributed by atoms with E-state index in [0.29, 0.717) is 6.04 Å². The minimum atomic E-state index is 0.409. The number of rotatable bonds is 7. The average molecular weight is 417 g/mol. The molecule has 1 N–H and O–H groups in total. The molecule has 1 aromatic carbocycles. The molecule has 0 radical (unpaired) electrons. The Morgan fingerprint density at radius 3 is 2.55 bits per heavy atom. The molecular weight excluding hydrogens is 398 g/mol. The van der Waals surface area contributed by atoms with Crippen LogP contribution in [0.5, 0.6) is 0 Å². The standard InChI is InChI=1S/C16H19Br2NS/c1-2-10-19-14(13-11-15(17)20-16(13)18)9-8-12-6-4-3-5-7-12/h3-7,11,14,19H,2,8-10H2,1H3. The number of benzene rings is 1. The number of thiophene rings is 1. The molecule has 1 unspecified atom stereocenters. The van der Waals surface area contributed by atoms with Crippen molar-refractivity contribution in [3.8, 4) is 0 Å². The van der Waals surface area contributed by atoms with Gasteiger partial charge in [0.2, 0.25) is 0 Å². The van der Waals surface area contributed by atoms with E-state index in [2.05, 4.69) is 80.5 Å². The van der Waals surface area contributed by atoms with E-state index in [0.717, 1.165) is 25.8 Å². The van der Waals surface area contributed by atoms with Gasteiger partial charge in [-0.3, -0.25) is 0 Å². The van der Waals surface area contributed by atoms with Gasteiger partial charge in [-0.25, -0.2) is 0 Å². The van der Waals surface area contributed by atoms with E-state index < -0.39 is 0 Å². The van der Waals surface area contributed by atoms with Crippen molar-refractivity contribution in [2.45, 2.75) is 32.2 Å². The highest BCUT2D eigenvalue weighted by atomic mass is 79.9. The third-order valence-electron chi connectivity index (χ3n) is 3.26. The van der Waals surface area contributed by atoms with Crippen LogP contribution in [0.15, 0.2) is 44.0 Å². The Labute approximate surface area is 142 Å². The summed E-state index contributed by atoms with van der Waals surface area (Å²) in [6.07, 6.45) is 3.37. The molecule has 108 valence electrons. The lowest BCUT2D eigenvalue weighted by atomic mass is 10.0. The Bertz CT molecular complexity index is 525. The summed E-state index contributed by atoms with van der Waals surface area (Å²) in [5.74, 6) is 0. The van der Waals surface area contributed by atoms with Crippen molar-refractivity contribution in [1.29, 1.82) is 0 Å². The zero-order chi connectivity index (χ0) is 14.4. The van der Waals surface area contributed by atoms with E-state index in [1.807, 2.05) is 0 Å². The van der Waals surface area contributed by atoms with E-state index in [-0.39, 0.29) is 0 Å². The third-order valence-corrected chi connectivity index (χ3v) is 5.65. The van der Waals surface area contributed by atoms with Gasteiger partial charge in [-0.05, 0) is 74.9 Å². The van der Waals surface area contributed by atoms with Crippen LogP contribution in [0, 0.1) is 0 Å². The van der Waals surface area contributed by atoms with Crippen LogP contribution in [-0.2, 0) is 6.42 Å². The van der Waals surface area contributed by atoms with Crippen LogP contribution in [0.1, 0.15) is 36.9 Å². The summed E-state index contributed by atoms with van der Waals surface area (Å²) in [4.78, 5) is 0. The van der Waals surface area contributed by atoms with Crippen molar-refractivity contribution in [3.05, 3.63) is 55.1 Å². The molecule has 2 rings (SSSR count). The molecule has 1 atom stereocenters. The Balaban J connectivity index is 2.05. The van der Waals surface area contributed by atoms with Gasteiger partial charge in [0.05, 0.1) is 7.57 Å². The lowest BCUT2D eigenvalue weighted by molar-refractivity contribution is 0.499. The highest BCUT2D eigenvalue weighted by molar-refractivity contribution is 9.12. The third kappa shape index (κ3) is 4.69. The molecule has 1 heterocycles. The van der Waals surface area contributed by atoms with E-state index in [1.54, 1.807) is 11.3 Å². The van der Waals surface area contributed by atoms with Crippen molar-refractivity contribution in [3.63, 3.8) is 0 Å². The van der Waals surface area contributed by atoms with Crippen LogP contribution in [-0.4, -0.2) is 6.54 Å². The number of hydrogen-bond donors (Lipinski definition) is 1. The molecule has 0 aliphatic heterocycles. The van der Waals surface area contributed by atoms with Gasteiger partial charge in [-0.2, -0.15) is 0 Å². The molecule has 0 aliphatic rings. The lowest BCUT2D eigenvalue weighted by Crippen LogP contribution is -2.22. The van der Waals surface area contributed by atoms with Gasteiger partial charge in [0.15, 0.2) is 0 Å². The smallest absolute Gasteiger partial charge is 0.0758 e.